The summed E-state index contributed by atoms with van der Waals surface area (Å²) >= 11 is 14.6. The Bertz CT molecular complexity index is 1660. The average Bonchev–Trinajstić information content (AvgIpc) is 3.33. The lowest BCUT2D eigenvalue weighted by molar-refractivity contribution is -0.142. The third kappa shape index (κ3) is 4.46. The molecule has 0 spiro atoms. The van der Waals surface area contributed by atoms with Gasteiger partial charge in [-0.1, -0.05) is 23.8 Å². The van der Waals surface area contributed by atoms with Crippen LogP contribution in [0.4, 0.5) is 10.1 Å². The molecule has 2 N–H and O–H groups in total. The number of rotatable bonds is 8. The lowest BCUT2D eigenvalue weighted by Gasteiger charge is -2.50. The number of carboxylic acids is 1. The molecule has 1 saturated carbocycles. The van der Waals surface area contributed by atoms with Gasteiger partial charge in [-0.3, -0.25) is 28.9 Å². The fraction of sp³-hybridized carbons (Fsp3) is 0.406. The standard InChI is InChI=1S/C32H29Cl2FN2O8/c1-2-45-22-6-3-5-20(26(22)40)25-18-12-13-19-24(28(42)36(27(19)41)14-4-7-23(38)39)21(18)15-31(33)29(43)37(30(44)32(25,31)34)17-10-8-16(35)9-11-17/h3,5-6,8-12,19,21,24-25,40H,2,4,7,13-15H2,1H3,(H,38,39)/t19-,21+,24-,25+,31+,32-/m0/s1. The number of halogens is 3. The molecular formula is C32H29Cl2FN2O8. The third-order valence-corrected chi connectivity index (χ3v) is 10.8. The number of aromatic hydroxyl groups is 1. The van der Waals surface area contributed by atoms with E-state index in [1.54, 1.807) is 19.1 Å². The van der Waals surface area contributed by atoms with E-state index in [4.69, 9.17) is 33.0 Å². The normalized spacial score (nSPS) is 30.6. The zero-order valence-electron chi connectivity index (χ0n) is 24.0. The smallest absolute Gasteiger partial charge is 0.303 e. The molecule has 45 heavy (non-hydrogen) atoms. The Morgan fingerprint density at radius 3 is 2.42 bits per heavy atom. The second-order valence-electron chi connectivity index (χ2n) is 11.7. The molecule has 10 nitrogen and oxygen atoms in total. The van der Waals surface area contributed by atoms with Crippen molar-refractivity contribution in [1.82, 2.24) is 4.90 Å². The maximum absolute atomic E-state index is 14.4. The van der Waals surface area contributed by atoms with Gasteiger partial charge in [0.25, 0.3) is 11.8 Å². The largest absolute Gasteiger partial charge is 0.504 e. The van der Waals surface area contributed by atoms with Crippen molar-refractivity contribution in [2.45, 2.75) is 48.3 Å². The highest BCUT2D eigenvalue weighted by atomic mass is 35.5. The number of carbonyl (C=O) groups is 5. The minimum atomic E-state index is -2.20. The van der Waals surface area contributed by atoms with Crippen molar-refractivity contribution in [3.63, 3.8) is 0 Å². The summed E-state index contributed by atoms with van der Waals surface area (Å²) in [6.07, 6.45) is 1.41. The molecule has 2 aromatic rings. The van der Waals surface area contributed by atoms with Crippen molar-refractivity contribution in [3.8, 4) is 11.5 Å². The van der Waals surface area contributed by atoms with Crippen LogP contribution in [0.1, 0.15) is 44.1 Å². The fourth-order valence-electron chi connectivity index (χ4n) is 7.46. The molecule has 6 atom stereocenters. The number of imide groups is 2. The zero-order valence-corrected chi connectivity index (χ0v) is 25.6. The molecule has 4 amide bonds. The quantitative estimate of drug-likeness (QED) is 0.242. The molecule has 2 aromatic carbocycles. The van der Waals surface area contributed by atoms with Crippen LogP contribution in [-0.2, 0) is 24.0 Å². The number of phenolic OH excluding ortho intramolecular Hbond substituents is 1. The van der Waals surface area contributed by atoms with E-state index in [2.05, 4.69) is 0 Å². The van der Waals surface area contributed by atoms with Gasteiger partial charge < -0.3 is 14.9 Å². The van der Waals surface area contributed by atoms with Crippen molar-refractivity contribution in [3.05, 3.63) is 65.5 Å². The summed E-state index contributed by atoms with van der Waals surface area (Å²) in [5.41, 5.74) is 0.660. The molecule has 2 aliphatic heterocycles. The van der Waals surface area contributed by atoms with Crippen LogP contribution >= 0.6 is 23.2 Å². The maximum Gasteiger partial charge on any atom is 0.303 e. The highest BCUT2D eigenvalue weighted by Crippen LogP contribution is 2.66. The van der Waals surface area contributed by atoms with Crippen LogP contribution < -0.4 is 9.64 Å². The Kier molecular flexibility index (Phi) is 7.68. The molecule has 0 aromatic heterocycles. The molecule has 2 aliphatic carbocycles. The molecule has 0 unspecified atom stereocenters. The first-order chi connectivity index (χ1) is 21.4. The lowest BCUT2D eigenvalue weighted by atomic mass is 9.56. The van der Waals surface area contributed by atoms with Gasteiger partial charge in [0, 0.05) is 24.4 Å². The number of amides is 4. The first kappa shape index (κ1) is 31.0. The second kappa shape index (κ2) is 11.1. The second-order valence-corrected chi connectivity index (χ2v) is 12.9. The summed E-state index contributed by atoms with van der Waals surface area (Å²) in [4.78, 5) is 64.5. The van der Waals surface area contributed by atoms with Gasteiger partial charge in [-0.2, -0.15) is 0 Å². The number of nitrogens with zero attached hydrogens (tertiary/aromatic N) is 2. The third-order valence-electron chi connectivity index (χ3n) is 9.40. The molecule has 2 saturated heterocycles. The number of allylic oxidation sites excluding steroid dienone is 2. The van der Waals surface area contributed by atoms with Crippen LogP contribution in [0.5, 0.6) is 11.5 Å². The summed E-state index contributed by atoms with van der Waals surface area (Å²) in [5.74, 6) is -8.41. The molecule has 4 aliphatic rings. The van der Waals surface area contributed by atoms with Crippen LogP contribution in [0.15, 0.2) is 54.1 Å². The molecular weight excluding hydrogens is 630 g/mol. The number of hydrogen-bond acceptors (Lipinski definition) is 7. The zero-order chi connectivity index (χ0) is 32.4. The van der Waals surface area contributed by atoms with Crippen molar-refractivity contribution in [2.75, 3.05) is 18.1 Å². The Hall–Kier alpha value is -3.96. The maximum atomic E-state index is 14.4. The van der Waals surface area contributed by atoms with Gasteiger partial charge in [0.15, 0.2) is 21.2 Å². The number of carboxylic acid groups (broad SMARTS) is 1. The number of para-hydroxylation sites is 1. The number of carbonyl (C=O) groups excluding carboxylic acids is 4. The van der Waals surface area contributed by atoms with Crippen molar-refractivity contribution in [2.24, 2.45) is 17.8 Å². The number of ether oxygens (including phenoxy) is 1. The first-order valence-electron chi connectivity index (χ1n) is 14.6. The van der Waals surface area contributed by atoms with Crippen molar-refractivity contribution >= 4 is 58.5 Å². The summed E-state index contributed by atoms with van der Waals surface area (Å²) in [5, 5.41) is 20.5. The number of fused-ring (bicyclic) bond motifs is 4. The highest BCUT2D eigenvalue weighted by Gasteiger charge is 2.77. The minimum Gasteiger partial charge on any atom is -0.504 e. The summed E-state index contributed by atoms with van der Waals surface area (Å²) in [6.45, 7) is 1.86. The number of benzene rings is 2. The number of hydrogen-bond donors (Lipinski definition) is 2. The van der Waals surface area contributed by atoms with E-state index in [-0.39, 0.29) is 61.6 Å². The Morgan fingerprint density at radius 2 is 1.76 bits per heavy atom. The van der Waals surface area contributed by atoms with Crippen LogP contribution in [0.2, 0.25) is 0 Å². The van der Waals surface area contributed by atoms with Gasteiger partial charge in [0.05, 0.1) is 24.1 Å². The predicted octanol–water partition coefficient (Wildman–Crippen LogP) is 4.36. The summed E-state index contributed by atoms with van der Waals surface area (Å²) in [6, 6.07) is 9.34. The van der Waals surface area contributed by atoms with E-state index >= 15 is 0 Å². The number of phenols is 1. The van der Waals surface area contributed by atoms with Crippen LogP contribution in [-0.4, -0.2) is 67.6 Å². The van der Waals surface area contributed by atoms with E-state index in [1.807, 2.05) is 0 Å². The van der Waals surface area contributed by atoms with Gasteiger partial charge in [0.1, 0.15) is 5.82 Å². The van der Waals surface area contributed by atoms with Crippen LogP contribution in [0.3, 0.4) is 0 Å². The highest BCUT2D eigenvalue weighted by molar-refractivity contribution is 6.58. The molecule has 0 bridgehead atoms. The first-order valence-corrected chi connectivity index (χ1v) is 15.4. The monoisotopic (exact) mass is 658 g/mol. The molecule has 3 fully saturated rings. The predicted molar refractivity (Wildman–Crippen MR) is 159 cm³/mol. The van der Waals surface area contributed by atoms with Gasteiger partial charge in [-0.15, -0.1) is 23.2 Å². The number of aliphatic carboxylic acids is 1. The molecule has 6 rings (SSSR count). The molecule has 2 heterocycles. The molecule has 0 radical (unpaired) electrons. The van der Waals surface area contributed by atoms with E-state index in [0.717, 1.165) is 21.9 Å². The van der Waals surface area contributed by atoms with E-state index in [9.17, 15) is 33.5 Å². The molecule has 13 heteroatoms. The Morgan fingerprint density at radius 1 is 1.04 bits per heavy atom. The van der Waals surface area contributed by atoms with Gasteiger partial charge in [0.2, 0.25) is 11.8 Å². The number of likely N-dealkylation sites (tertiary alicyclic amines) is 1. The lowest BCUT2D eigenvalue weighted by Crippen LogP contribution is -2.60. The number of anilines is 1. The fourth-order valence-corrected chi connectivity index (χ4v) is 8.39. The summed E-state index contributed by atoms with van der Waals surface area (Å²) in [7, 11) is 0. The van der Waals surface area contributed by atoms with Crippen LogP contribution in [0.25, 0.3) is 0 Å². The average molecular weight is 659 g/mol. The van der Waals surface area contributed by atoms with Gasteiger partial charge in [-0.05, 0) is 62.4 Å². The van der Waals surface area contributed by atoms with E-state index < -0.39 is 68.8 Å². The van der Waals surface area contributed by atoms with E-state index in [1.165, 1.54) is 24.3 Å². The number of alkyl halides is 2. The van der Waals surface area contributed by atoms with Crippen molar-refractivity contribution < 1.29 is 43.3 Å². The Balaban J connectivity index is 1.51. The summed E-state index contributed by atoms with van der Waals surface area (Å²) < 4.78 is 19.4. The van der Waals surface area contributed by atoms with Crippen LogP contribution in [0, 0.1) is 23.6 Å². The molecule has 236 valence electrons. The van der Waals surface area contributed by atoms with E-state index in [0.29, 0.717) is 5.57 Å². The van der Waals surface area contributed by atoms with Gasteiger partial charge >= 0.3 is 5.97 Å². The Labute approximate surface area is 267 Å². The minimum absolute atomic E-state index is 0.0402. The SMILES string of the molecule is CCOc1cccc([C@H]2C3=CC[C@@H]4C(=O)N(CCCC(=O)O)C(=O)[C@@H]4[C@@H]3C[C@@]3(Cl)C(=O)N(c4ccc(F)cc4)C(=O)[C@@]23Cl)c1O. The van der Waals surface area contributed by atoms with Gasteiger partial charge in [-0.25, -0.2) is 9.29 Å². The van der Waals surface area contributed by atoms with Crippen molar-refractivity contribution in [1.29, 1.82) is 0 Å². The topological polar surface area (TPSA) is 142 Å².